The second-order valence-electron chi connectivity index (χ2n) is 3.95. The Hall–Kier alpha value is -0.550. The minimum atomic E-state index is -1.06. The smallest absolute Gasteiger partial charge is 0.127 e. The first-order valence-electron chi connectivity index (χ1n) is 5.76. The minimum Gasteiger partial charge on any atom is -0.549 e. The van der Waals surface area contributed by atoms with Gasteiger partial charge in [-0.15, -0.1) is 23.5 Å². The van der Waals surface area contributed by atoms with Crippen molar-refractivity contribution < 1.29 is 14.3 Å². The van der Waals surface area contributed by atoms with Crippen molar-refractivity contribution in [2.45, 2.75) is 30.3 Å². The maximum Gasteiger partial charge on any atom is 0.127 e. The van der Waals surface area contributed by atoms with Crippen LogP contribution in [0, 0.1) is 0 Å². The molecule has 0 aromatic carbocycles. The molecular weight excluding hydrogens is 256 g/mol. The van der Waals surface area contributed by atoms with E-state index in [2.05, 4.69) is 0 Å². The van der Waals surface area contributed by atoms with Crippen molar-refractivity contribution in [3.8, 4) is 0 Å². The van der Waals surface area contributed by atoms with Gasteiger partial charge < -0.3 is 14.3 Å². The number of hydrogen-bond donors (Lipinski definition) is 0. The first-order valence-corrected chi connectivity index (χ1v) is 7.85. The van der Waals surface area contributed by atoms with E-state index in [1.807, 2.05) is 36.5 Å². The molecule has 1 atom stereocenters. The molecule has 0 amide bonds. The highest BCUT2D eigenvalue weighted by Gasteiger charge is 2.22. The molecule has 5 heteroatoms. The van der Waals surface area contributed by atoms with Crippen LogP contribution in [0.2, 0.25) is 0 Å². The normalized spacial score (nSPS) is 19.1. The maximum absolute atomic E-state index is 10.9. The molecule has 1 aromatic heterocycles. The number of hydrogen-bond acceptors (Lipinski definition) is 5. The summed E-state index contributed by atoms with van der Waals surface area (Å²) in [5.41, 5.74) is 0. The topological polar surface area (TPSA) is 53.3 Å². The molecule has 1 fully saturated rings. The number of thioether (sulfide) groups is 2. The lowest BCUT2D eigenvalue weighted by atomic mass is 10.0. The van der Waals surface area contributed by atoms with Gasteiger partial charge in [-0.2, -0.15) is 0 Å². The summed E-state index contributed by atoms with van der Waals surface area (Å²) >= 11 is 3.73. The SMILES string of the molecule is CCC(C(=O)[O-])c1ccc(C2SCCCS2)o1. The molecule has 94 valence electrons. The summed E-state index contributed by atoms with van der Waals surface area (Å²) in [4.78, 5) is 10.9. The highest BCUT2D eigenvalue weighted by Crippen LogP contribution is 2.44. The van der Waals surface area contributed by atoms with E-state index in [1.54, 1.807) is 6.07 Å². The molecule has 1 aromatic rings. The van der Waals surface area contributed by atoms with E-state index in [0.29, 0.717) is 16.8 Å². The summed E-state index contributed by atoms with van der Waals surface area (Å²) in [6, 6.07) is 3.67. The van der Waals surface area contributed by atoms with Gasteiger partial charge in [0.2, 0.25) is 0 Å². The Morgan fingerprint density at radius 2 is 2.24 bits per heavy atom. The number of rotatable bonds is 4. The Labute approximate surface area is 109 Å². The summed E-state index contributed by atoms with van der Waals surface area (Å²) in [5.74, 6) is 2.01. The Kier molecular flexibility index (Phi) is 4.45. The summed E-state index contributed by atoms with van der Waals surface area (Å²) in [5, 5.41) is 10.9. The van der Waals surface area contributed by atoms with E-state index < -0.39 is 11.9 Å². The zero-order valence-corrected chi connectivity index (χ0v) is 11.3. The summed E-state index contributed by atoms with van der Waals surface area (Å²) < 4.78 is 5.99. The lowest BCUT2D eigenvalue weighted by Gasteiger charge is -2.19. The molecule has 2 heterocycles. The van der Waals surface area contributed by atoms with Crippen LogP contribution in [0.15, 0.2) is 16.5 Å². The van der Waals surface area contributed by atoms with E-state index >= 15 is 0 Å². The molecule has 1 unspecified atom stereocenters. The fraction of sp³-hybridized carbons (Fsp3) is 0.583. The third-order valence-electron chi connectivity index (χ3n) is 2.74. The van der Waals surface area contributed by atoms with Crippen molar-refractivity contribution in [2.75, 3.05) is 11.5 Å². The minimum absolute atomic E-state index is 0.316. The van der Waals surface area contributed by atoms with Crippen LogP contribution in [-0.4, -0.2) is 17.5 Å². The zero-order valence-electron chi connectivity index (χ0n) is 9.68. The first-order chi connectivity index (χ1) is 8.22. The second-order valence-corrected chi connectivity index (χ2v) is 6.67. The molecule has 1 aliphatic rings. The van der Waals surface area contributed by atoms with Gasteiger partial charge in [-0.1, -0.05) is 6.92 Å². The van der Waals surface area contributed by atoms with E-state index in [1.165, 1.54) is 6.42 Å². The van der Waals surface area contributed by atoms with Gasteiger partial charge in [0, 0.05) is 0 Å². The summed E-state index contributed by atoms with van der Waals surface area (Å²) in [7, 11) is 0. The Bertz CT molecular complexity index is 383. The number of furan rings is 1. The van der Waals surface area contributed by atoms with Crippen LogP contribution in [0.25, 0.3) is 0 Å². The van der Waals surface area contributed by atoms with Crippen molar-refractivity contribution in [3.63, 3.8) is 0 Å². The van der Waals surface area contributed by atoms with Crippen LogP contribution < -0.4 is 5.11 Å². The second kappa shape index (κ2) is 5.87. The third-order valence-corrected chi connectivity index (χ3v) is 5.68. The fourth-order valence-electron chi connectivity index (χ4n) is 1.82. The van der Waals surface area contributed by atoms with E-state index in [-0.39, 0.29) is 0 Å². The predicted molar refractivity (Wildman–Crippen MR) is 69.0 cm³/mol. The van der Waals surface area contributed by atoms with Crippen molar-refractivity contribution in [1.82, 2.24) is 0 Å². The van der Waals surface area contributed by atoms with Crippen LogP contribution in [0.3, 0.4) is 0 Å². The molecule has 0 N–H and O–H groups in total. The number of aliphatic carboxylic acids is 1. The molecular formula is C12H15O3S2-. The molecule has 0 saturated carbocycles. The van der Waals surface area contributed by atoms with E-state index in [4.69, 9.17) is 4.42 Å². The average molecular weight is 271 g/mol. The first kappa shape index (κ1) is 12.9. The Morgan fingerprint density at radius 1 is 1.53 bits per heavy atom. The van der Waals surface area contributed by atoms with Gasteiger partial charge in [-0.3, -0.25) is 0 Å². The zero-order chi connectivity index (χ0) is 12.3. The Morgan fingerprint density at radius 3 is 2.82 bits per heavy atom. The summed E-state index contributed by atoms with van der Waals surface area (Å²) in [6.07, 6.45) is 1.73. The quantitative estimate of drug-likeness (QED) is 0.841. The van der Waals surface area contributed by atoms with Gasteiger partial charge in [0.1, 0.15) is 16.1 Å². The maximum atomic E-state index is 10.9. The molecule has 2 rings (SSSR count). The van der Waals surface area contributed by atoms with Crippen LogP contribution >= 0.6 is 23.5 Å². The van der Waals surface area contributed by atoms with E-state index in [9.17, 15) is 9.90 Å². The van der Waals surface area contributed by atoms with Crippen molar-refractivity contribution in [3.05, 3.63) is 23.7 Å². The molecule has 0 spiro atoms. The lowest BCUT2D eigenvalue weighted by Crippen LogP contribution is -2.29. The number of carboxylic acid groups (broad SMARTS) is 1. The van der Waals surface area contributed by atoms with Crippen LogP contribution in [-0.2, 0) is 4.79 Å². The molecule has 0 aliphatic carbocycles. The van der Waals surface area contributed by atoms with E-state index in [0.717, 1.165) is 17.3 Å². The molecule has 17 heavy (non-hydrogen) atoms. The van der Waals surface area contributed by atoms with Crippen molar-refractivity contribution in [2.24, 2.45) is 0 Å². The number of carboxylic acids is 1. The fourth-order valence-corrected chi connectivity index (χ4v) is 4.60. The largest absolute Gasteiger partial charge is 0.549 e. The van der Waals surface area contributed by atoms with Gasteiger partial charge in [-0.05, 0) is 36.5 Å². The van der Waals surface area contributed by atoms with Crippen LogP contribution in [0.5, 0.6) is 0 Å². The molecule has 0 bridgehead atoms. The number of carbonyl (C=O) groups excluding carboxylic acids is 1. The third kappa shape index (κ3) is 3.01. The number of carbonyl (C=O) groups is 1. The van der Waals surface area contributed by atoms with Crippen molar-refractivity contribution >= 4 is 29.5 Å². The van der Waals surface area contributed by atoms with Gasteiger partial charge >= 0.3 is 0 Å². The average Bonchev–Trinajstić information content (AvgIpc) is 2.80. The highest BCUT2D eigenvalue weighted by molar-refractivity contribution is 8.16. The van der Waals surface area contributed by atoms with Crippen molar-refractivity contribution in [1.29, 1.82) is 0 Å². The molecule has 1 saturated heterocycles. The predicted octanol–water partition coefficient (Wildman–Crippen LogP) is 2.39. The Balaban J connectivity index is 2.11. The molecule has 0 radical (unpaired) electrons. The lowest BCUT2D eigenvalue weighted by molar-refractivity contribution is -0.308. The monoisotopic (exact) mass is 271 g/mol. The van der Waals surface area contributed by atoms with Gasteiger partial charge in [0.25, 0.3) is 0 Å². The molecule has 3 nitrogen and oxygen atoms in total. The highest BCUT2D eigenvalue weighted by atomic mass is 32.2. The van der Waals surface area contributed by atoms with Gasteiger partial charge in [-0.25, -0.2) is 0 Å². The van der Waals surface area contributed by atoms with Gasteiger partial charge in [0.15, 0.2) is 0 Å². The standard InChI is InChI=1S/C12H16O3S2/c1-2-8(11(13)14)9-4-5-10(15-9)12-16-6-3-7-17-12/h4-5,8,12H,2-3,6-7H2,1H3,(H,13,14)/p-1. The summed E-state index contributed by atoms with van der Waals surface area (Å²) in [6.45, 7) is 1.83. The van der Waals surface area contributed by atoms with Crippen LogP contribution in [0.1, 0.15) is 41.8 Å². The molecule has 1 aliphatic heterocycles. The van der Waals surface area contributed by atoms with Crippen LogP contribution in [0.4, 0.5) is 0 Å². The van der Waals surface area contributed by atoms with Gasteiger partial charge in [0.05, 0.1) is 11.9 Å².